The fourth-order valence-corrected chi connectivity index (χ4v) is 3.40. The van der Waals surface area contributed by atoms with Crippen LogP contribution in [0, 0.1) is 5.82 Å². The molecule has 1 aromatic carbocycles. The lowest BCUT2D eigenvalue weighted by molar-refractivity contribution is -0.473. The normalized spacial score (nSPS) is 19.7. The Bertz CT molecular complexity index is 919. The van der Waals surface area contributed by atoms with Gasteiger partial charge in [0.15, 0.2) is 0 Å². The molecule has 10 heteroatoms. The van der Waals surface area contributed by atoms with Crippen molar-refractivity contribution >= 4 is 39.0 Å². The first-order chi connectivity index (χ1) is 12.5. The van der Waals surface area contributed by atoms with Crippen LogP contribution in [0.3, 0.4) is 0 Å². The fraction of sp³-hybridized carbons (Fsp3) is 0.188. The maximum atomic E-state index is 14.3. The van der Waals surface area contributed by atoms with Crippen molar-refractivity contribution in [2.75, 3.05) is 7.11 Å². The lowest BCUT2D eigenvalue weighted by Crippen LogP contribution is -2.38. The van der Waals surface area contributed by atoms with Gasteiger partial charge in [0.1, 0.15) is 17.6 Å². The largest absolute Gasteiger partial charge is 0.481 e. The molecule has 0 bridgehead atoms. The molecule has 3 rings (SSSR count). The number of nitrogens with zero attached hydrogens (tertiary/aromatic N) is 3. The highest BCUT2D eigenvalue weighted by atomic mass is 79.9. The number of amidine groups is 2. The van der Waals surface area contributed by atoms with Crippen LogP contribution in [0.25, 0.3) is 11.1 Å². The van der Waals surface area contributed by atoms with Crippen LogP contribution >= 0.6 is 28.3 Å². The second-order valence-electron chi connectivity index (χ2n) is 5.37. The Morgan fingerprint density at radius 2 is 2.23 bits per heavy atom. The van der Waals surface area contributed by atoms with Crippen molar-refractivity contribution in [3.05, 3.63) is 41.8 Å². The van der Waals surface area contributed by atoms with E-state index in [0.29, 0.717) is 28.3 Å². The second-order valence-corrected chi connectivity index (χ2v) is 6.51. The van der Waals surface area contributed by atoms with E-state index in [4.69, 9.17) is 15.2 Å². The molecule has 0 aliphatic carbocycles. The molecular weight excluding hydrogens is 430 g/mol. The summed E-state index contributed by atoms with van der Waals surface area (Å²) in [6.07, 6.45) is 1.54. The minimum atomic E-state index is -0.446. The molecule has 0 saturated carbocycles. The van der Waals surface area contributed by atoms with Crippen LogP contribution in [0.1, 0.15) is 18.5 Å². The Balaban J connectivity index is 2.25. The van der Waals surface area contributed by atoms with E-state index in [1.165, 1.54) is 23.8 Å². The van der Waals surface area contributed by atoms with Crippen LogP contribution in [0.5, 0.6) is 11.6 Å². The average molecular weight is 444 g/mol. The maximum absolute atomic E-state index is 14.3. The van der Waals surface area contributed by atoms with E-state index in [1.807, 2.05) is 0 Å². The molecule has 136 valence electrons. The smallest absolute Gasteiger partial charge is 0.450 e. The van der Waals surface area contributed by atoms with Crippen LogP contribution in [-0.4, -0.2) is 27.4 Å². The summed E-state index contributed by atoms with van der Waals surface area (Å²) in [6.45, 7) is 1.78. The van der Waals surface area contributed by atoms with Crippen molar-refractivity contribution in [1.82, 2.24) is 4.98 Å². The second kappa shape index (κ2) is 7.58. The predicted octanol–water partition coefficient (Wildman–Crippen LogP) is 3.96. The van der Waals surface area contributed by atoms with Gasteiger partial charge in [-0.2, -0.15) is 4.58 Å². The monoisotopic (exact) mass is 443 g/mol. The summed E-state index contributed by atoms with van der Waals surface area (Å²) >= 11 is 2.89. The van der Waals surface area contributed by atoms with E-state index >= 15 is 0 Å². The Labute approximate surface area is 161 Å². The summed E-state index contributed by atoms with van der Waals surface area (Å²) in [5.41, 5.74) is 7.46. The average Bonchev–Trinajstić information content (AvgIpc) is 2.62. The summed E-state index contributed by atoms with van der Waals surface area (Å²) in [7, 11) is 1.49. The molecule has 1 aliphatic rings. The molecule has 1 unspecified atom stereocenters. The fourth-order valence-electron chi connectivity index (χ4n) is 2.76. The van der Waals surface area contributed by atoms with Crippen molar-refractivity contribution in [2.24, 2.45) is 10.1 Å². The van der Waals surface area contributed by atoms with E-state index in [-0.39, 0.29) is 23.1 Å². The molecule has 0 amide bonds. The van der Waals surface area contributed by atoms with Crippen LogP contribution in [0.4, 0.5) is 8.28 Å². The van der Waals surface area contributed by atoms with E-state index in [9.17, 15) is 8.28 Å². The van der Waals surface area contributed by atoms with E-state index in [2.05, 4.69) is 25.3 Å². The molecule has 2 N–H and O–H groups in total. The third-order valence-electron chi connectivity index (χ3n) is 3.92. The molecule has 2 aromatic rings. The van der Waals surface area contributed by atoms with Crippen molar-refractivity contribution < 1.29 is 22.3 Å². The van der Waals surface area contributed by atoms with Crippen molar-refractivity contribution in [1.29, 1.82) is 0 Å². The zero-order chi connectivity index (χ0) is 18.8. The first-order valence-corrected chi connectivity index (χ1v) is 8.87. The van der Waals surface area contributed by atoms with Gasteiger partial charge in [0.2, 0.25) is 5.88 Å². The van der Waals surface area contributed by atoms with Gasteiger partial charge in [0, 0.05) is 43.7 Å². The van der Waals surface area contributed by atoms with Gasteiger partial charge >= 0.3 is 6.02 Å². The summed E-state index contributed by atoms with van der Waals surface area (Å²) in [5.74, 6) is 0.292. The third kappa shape index (κ3) is 3.38. The molecule has 0 spiro atoms. The van der Waals surface area contributed by atoms with Gasteiger partial charge in [-0.25, -0.2) is 9.37 Å². The van der Waals surface area contributed by atoms with Gasteiger partial charge in [-0.05, 0) is 30.7 Å². The summed E-state index contributed by atoms with van der Waals surface area (Å²) in [6, 6.07) is 5.54. The maximum Gasteiger partial charge on any atom is 0.450 e. The van der Waals surface area contributed by atoms with Gasteiger partial charge in [-0.1, -0.05) is 0 Å². The number of nitrogens with two attached hydrogens (primary N) is 1. The predicted molar refractivity (Wildman–Crippen MR) is 99.7 cm³/mol. The Kier molecular flexibility index (Phi) is 5.42. The number of hydrogen-bond acceptors (Lipinski definition) is 5. The van der Waals surface area contributed by atoms with E-state index < -0.39 is 11.9 Å². The number of fused-ring (bicyclic) bond motifs is 1. The highest BCUT2D eigenvalue weighted by Crippen LogP contribution is 2.42. The van der Waals surface area contributed by atoms with Crippen molar-refractivity contribution in [2.45, 2.75) is 13.0 Å². The first-order valence-electron chi connectivity index (χ1n) is 7.41. The molecule has 0 fully saturated rings. The zero-order valence-electron chi connectivity index (χ0n) is 13.7. The van der Waals surface area contributed by atoms with E-state index in [1.54, 1.807) is 25.3 Å². The minimum absolute atomic E-state index is 0.0549. The number of aromatic nitrogens is 1. The molecular formula is C16H14BrF2N4O2S+. The molecule has 0 radical (unpaired) electrons. The molecule has 1 aromatic heterocycles. The Hall–Kier alpha value is -2.20. The van der Waals surface area contributed by atoms with Crippen LogP contribution in [0.2, 0.25) is 0 Å². The molecule has 6 nitrogen and oxygen atoms in total. The highest BCUT2D eigenvalue weighted by molar-refractivity contribution is 9.18. The van der Waals surface area contributed by atoms with Gasteiger partial charge in [0.25, 0.3) is 17.1 Å². The summed E-state index contributed by atoms with van der Waals surface area (Å²) in [4.78, 5) is 4.04. The van der Waals surface area contributed by atoms with Gasteiger partial charge in [-0.15, -0.1) is 3.89 Å². The number of hydrogen-bond donors (Lipinski definition) is 1. The van der Waals surface area contributed by atoms with E-state index in [0.717, 1.165) is 0 Å². The Morgan fingerprint density at radius 1 is 1.46 bits per heavy atom. The number of halogens is 3. The zero-order valence-corrected chi connectivity index (χ0v) is 16.1. The first kappa shape index (κ1) is 18.6. The molecule has 2 heterocycles. The topological polar surface area (TPSA) is 72.7 Å². The van der Waals surface area contributed by atoms with Gasteiger partial charge in [-0.3, -0.25) is 0 Å². The summed E-state index contributed by atoms with van der Waals surface area (Å²) in [5, 5.41) is 0. The van der Waals surface area contributed by atoms with Crippen LogP contribution in [-0.2, 0) is 0 Å². The molecule has 1 atom stereocenters. The number of pyridine rings is 1. The lowest BCUT2D eigenvalue weighted by atomic mass is 9.97. The highest BCUT2D eigenvalue weighted by Gasteiger charge is 2.36. The third-order valence-corrected chi connectivity index (χ3v) is 4.52. The Morgan fingerprint density at radius 3 is 2.88 bits per heavy atom. The van der Waals surface area contributed by atoms with Crippen LogP contribution in [0.15, 0.2) is 34.9 Å². The molecule has 1 aliphatic heterocycles. The number of methoxy groups -OCH3 is 1. The van der Waals surface area contributed by atoms with Crippen LogP contribution < -0.4 is 15.2 Å². The quantitative estimate of drug-likeness (QED) is 0.336. The molecule has 0 saturated heterocycles. The standard InChI is InChI=1S/C16H13BrF2N4O2S/c1-8-11-6-10(18)7-12(9-3-4-21-13(5-9)24-2)14(11)25-16(22-26-19)23(8)15(17)20/h3-8,20H,1-2H3/p+1/b22-16-. The minimum Gasteiger partial charge on any atom is -0.481 e. The van der Waals surface area contributed by atoms with Gasteiger partial charge in [0.05, 0.1) is 7.11 Å². The summed E-state index contributed by atoms with van der Waals surface area (Å²) < 4.78 is 43.2. The van der Waals surface area contributed by atoms with Crippen molar-refractivity contribution in [3.8, 4) is 22.8 Å². The van der Waals surface area contributed by atoms with Gasteiger partial charge < -0.3 is 15.2 Å². The SMILES string of the molecule is COc1cc(-c2cc(F)cc3c2OC(=N\SF)/[N+](=C(\N)Br)C3C)ccn1. The number of rotatable bonds is 3. The van der Waals surface area contributed by atoms with Crippen molar-refractivity contribution in [3.63, 3.8) is 0 Å². The molecule has 26 heavy (non-hydrogen) atoms. The number of ether oxygens (including phenoxy) is 2. The number of benzene rings is 1. The lowest BCUT2D eigenvalue weighted by Gasteiger charge is -2.26.